The van der Waals surface area contributed by atoms with E-state index in [9.17, 15) is 13.2 Å². The van der Waals surface area contributed by atoms with Crippen molar-refractivity contribution in [2.75, 3.05) is 24.4 Å². The quantitative estimate of drug-likeness (QED) is 0.782. The first-order valence-electron chi connectivity index (χ1n) is 8.27. The van der Waals surface area contributed by atoms with E-state index in [0.717, 1.165) is 13.1 Å². The van der Waals surface area contributed by atoms with Crippen molar-refractivity contribution in [1.82, 2.24) is 10.2 Å². The topological polar surface area (TPSA) is 78.5 Å². The third-order valence-corrected chi connectivity index (χ3v) is 6.00. The maximum Gasteiger partial charge on any atom is 0.261 e. The van der Waals surface area contributed by atoms with Gasteiger partial charge in [-0.1, -0.05) is 23.7 Å². The second-order valence-electron chi connectivity index (χ2n) is 6.16. The highest BCUT2D eigenvalue weighted by atomic mass is 35.5. The van der Waals surface area contributed by atoms with Crippen LogP contribution >= 0.6 is 24.0 Å². The van der Waals surface area contributed by atoms with E-state index in [0.29, 0.717) is 22.8 Å². The van der Waals surface area contributed by atoms with E-state index >= 15 is 0 Å². The molecule has 9 heteroatoms. The number of sulfonamides is 1. The van der Waals surface area contributed by atoms with E-state index < -0.39 is 10.0 Å². The highest BCUT2D eigenvalue weighted by Crippen LogP contribution is 2.24. The van der Waals surface area contributed by atoms with E-state index in [1.165, 1.54) is 24.3 Å². The molecule has 1 aliphatic rings. The number of hydrogen-bond acceptors (Lipinski definition) is 4. The molecule has 146 valence electrons. The molecule has 1 saturated heterocycles. The minimum Gasteiger partial charge on any atom is -0.333 e. The lowest BCUT2D eigenvalue weighted by Gasteiger charge is -2.34. The van der Waals surface area contributed by atoms with Gasteiger partial charge in [0.1, 0.15) is 0 Å². The molecule has 1 heterocycles. The summed E-state index contributed by atoms with van der Waals surface area (Å²) in [6.07, 6.45) is 0. The molecule has 0 spiro atoms. The molecule has 1 atom stereocenters. The number of carbonyl (C=O) groups excluding carboxylic acids is 1. The summed E-state index contributed by atoms with van der Waals surface area (Å²) < 4.78 is 27.5. The molecule has 27 heavy (non-hydrogen) atoms. The summed E-state index contributed by atoms with van der Waals surface area (Å²) in [4.78, 5) is 14.5. The third kappa shape index (κ3) is 4.93. The maximum absolute atomic E-state index is 12.6. The molecule has 1 fully saturated rings. The van der Waals surface area contributed by atoms with Gasteiger partial charge in [-0.05, 0) is 43.3 Å². The lowest BCUT2D eigenvalue weighted by Crippen LogP contribution is -2.52. The molecule has 0 saturated carbocycles. The Morgan fingerprint density at radius 2 is 1.85 bits per heavy atom. The molecule has 1 aliphatic heterocycles. The number of nitrogens with one attached hydrogen (secondary N) is 2. The number of nitrogens with zero attached hydrogens (tertiary/aromatic N) is 1. The maximum atomic E-state index is 12.6. The Hall–Kier alpha value is -1.80. The fourth-order valence-electron chi connectivity index (χ4n) is 2.83. The Labute approximate surface area is 170 Å². The molecular formula is C18H21Cl2N3O3S. The van der Waals surface area contributed by atoms with Crippen molar-refractivity contribution in [2.45, 2.75) is 17.9 Å². The summed E-state index contributed by atoms with van der Waals surface area (Å²) in [5.41, 5.74) is 0.777. The van der Waals surface area contributed by atoms with Gasteiger partial charge in [-0.15, -0.1) is 12.4 Å². The summed E-state index contributed by atoms with van der Waals surface area (Å²) >= 11 is 6.00. The smallest absolute Gasteiger partial charge is 0.261 e. The van der Waals surface area contributed by atoms with Crippen LogP contribution in [0.25, 0.3) is 0 Å². The molecule has 0 unspecified atom stereocenters. The molecule has 0 radical (unpaired) electrons. The van der Waals surface area contributed by atoms with Gasteiger partial charge in [0.15, 0.2) is 0 Å². The van der Waals surface area contributed by atoms with Crippen LogP contribution in [0.3, 0.4) is 0 Å². The average Bonchev–Trinajstić information content (AvgIpc) is 2.63. The molecule has 6 nitrogen and oxygen atoms in total. The van der Waals surface area contributed by atoms with Gasteiger partial charge in [0, 0.05) is 31.2 Å². The highest BCUT2D eigenvalue weighted by molar-refractivity contribution is 7.92. The van der Waals surface area contributed by atoms with E-state index in [1.807, 2.05) is 6.92 Å². The molecule has 0 aliphatic carbocycles. The van der Waals surface area contributed by atoms with Crippen LogP contribution in [0.1, 0.15) is 17.3 Å². The summed E-state index contributed by atoms with van der Waals surface area (Å²) in [6, 6.07) is 12.6. The number of anilines is 1. The zero-order valence-electron chi connectivity index (χ0n) is 14.7. The number of hydrogen-bond donors (Lipinski definition) is 2. The Morgan fingerprint density at radius 3 is 2.48 bits per heavy atom. The van der Waals surface area contributed by atoms with Gasteiger partial charge in [0.2, 0.25) is 0 Å². The number of piperazine rings is 1. The van der Waals surface area contributed by atoms with Crippen LogP contribution in [0.2, 0.25) is 5.02 Å². The van der Waals surface area contributed by atoms with Crippen LogP contribution in [-0.4, -0.2) is 44.9 Å². The van der Waals surface area contributed by atoms with Crippen molar-refractivity contribution in [3.05, 3.63) is 59.1 Å². The predicted octanol–water partition coefficient (Wildman–Crippen LogP) is 3.00. The minimum atomic E-state index is -3.78. The number of halogens is 2. The second kappa shape index (κ2) is 8.93. The van der Waals surface area contributed by atoms with Gasteiger partial charge in [0.25, 0.3) is 15.9 Å². The number of benzene rings is 2. The van der Waals surface area contributed by atoms with Crippen LogP contribution in [0, 0.1) is 0 Å². The fraction of sp³-hybridized carbons (Fsp3) is 0.278. The van der Waals surface area contributed by atoms with E-state index in [2.05, 4.69) is 10.0 Å². The van der Waals surface area contributed by atoms with Gasteiger partial charge >= 0.3 is 0 Å². The summed E-state index contributed by atoms with van der Waals surface area (Å²) in [6.45, 7) is 4.12. The van der Waals surface area contributed by atoms with Gasteiger partial charge < -0.3 is 10.2 Å². The zero-order chi connectivity index (χ0) is 18.7. The molecule has 2 aromatic carbocycles. The van der Waals surface area contributed by atoms with Crippen LogP contribution in [0.5, 0.6) is 0 Å². The number of para-hydroxylation sites is 1. The fourth-order valence-corrected chi connectivity index (χ4v) is 4.15. The highest BCUT2D eigenvalue weighted by Gasteiger charge is 2.24. The molecule has 3 rings (SSSR count). The van der Waals surface area contributed by atoms with E-state index in [-0.39, 0.29) is 29.3 Å². The SMILES string of the molecule is C[C@H]1CNCCN1C(=O)c1ccc(S(=O)(=O)Nc2ccccc2Cl)cc1.Cl. The molecular weight excluding hydrogens is 409 g/mol. The minimum absolute atomic E-state index is 0. The lowest BCUT2D eigenvalue weighted by atomic mass is 10.1. The van der Waals surface area contributed by atoms with Crippen molar-refractivity contribution in [1.29, 1.82) is 0 Å². The summed E-state index contributed by atoms with van der Waals surface area (Å²) in [7, 11) is -3.78. The van der Waals surface area contributed by atoms with Gasteiger partial charge in [-0.25, -0.2) is 8.42 Å². The number of amides is 1. The molecule has 0 aromatic heterocycles. The Morgan fingerprint density at radius 1 is 1.19 bits per heavy atom. The lowest BCUT2D eigenvalue weighted by molar-refractivity contribution is 0.0655. The predicted molar refractivity (Wildman–Crippen MR) is 109 cm³/mol. The largest absolute Gasteiger partial charge is 0.333 e. The van der Waals surface area contributed by atoms with Crippen LogP contribution < -0.4 is 10.0 Å². The molecule has 1 amide bonds. The van der Waals surface area contributed by atoms with Crippen molar-refractivity contribution in [2.24, 2.45) is 0 Å². The van der Waals surface area contributed by atoms with Gasteiger partial charge in [-0.2, -0.15) is 0 Å². The van der Waals surface area contributed by atoms with Crippen molar-refractivity contribution < 1.29 is 13.2 Å². The average molecular weight is 430 g/mol. The van der Waals surface area contributed by atoms with Crippen LogP contribution in [-0.2, 0) is 10.0 Å². The summed E-state index contributed by atoms with van der Waals surface area (Å²) in [5, 5.41) is 3.55. The first kappa shape index (κ1) is 21.5. The van der Waals surface area contributed by atoms with Gasteiger partial charge in [-0.3, -0.25) is 9.52 Å². The Balaban J connectivity index is 0.00000261. The molecule has 2 N–H and O–H groups in total. The van der Waals surface area contributed by atoms with Crippen molar-refractivity contribution in [3.8, 4) is 0 Å². The van der Waals surface area contributed by atoms with Crippen molar-refractivity contribution >= 4 is 45.6 Å². The third-order valence-electron chi connectivity index (χ3n) is 4.29. The van der Waals surface area contributed by atoms with E-state index in [1.54, 1.807) is 29.2 Å². The zero-order valence-corrected chi connectivity index (χ0v) is 17.1. The molecule has 2 aromatic rings. The summed E-state index contributed by atoms with van der Waals surface area (Å²) in [5.74, 6) is -0.0954. The Kier molecular flexibility index (Phi) is 7.11. The number of carbonyl (C=O) groups is 1. The van der Waals surface area contributed by atoms with Crippen LogP contribution in [0.4, 0.5) is 5.69 Å². The number of rotatable bonds is 4. The van der Waals surface area contributed by atoms with Gasteiger partial charge in [0.05, 0.1) is 15.6 Å². The second-order valence-corrected chi connectivity index (χ2v) is 8.25. The Bertz CT molecular complexity index is 904. The first-order chi connectivity index (χ1) is 12.4. The molecule has 0 bridgehead atoms. The monoisotopic (exact) mass is 429 g/mol. The first-order valence-corrected chi connectivity index (χ1v) is 10.1. The van der Waals surface area contributed by atoms with E-state index in [4.69, 9.17) is 11.6 Å². The van der Waals surface area contributed by atoms with Crippen molar-refractivity contribution in [3.63, 3.8) is 0 Å². The van der Waals surface area contributed by atoms with Crippen LogP contribution in [0.15, 0.2) is 53.4 Å². The standard InChI is InChI=1S/C18H20ClN3O3S.ClH/c1-13-12-20-10-11-22(13)18(23)14-6-8-15(9-7-14)26(24,25)21-17-5-3-2-4-16(17)19;/h2-9,13,20-21H,10-12H2,1H3;1H/t13-;/m0./s1. The normalized spacial score (nSPS) is 17.1.